The van der Waals surface area contributed by atoms with Crippen molar-refractivity contribution >= 4 is 21.8 Å². The van der Waals surface area contributed by atoms with Crippen LogP contribution in [0.1, 0.15) is 46.5 Å². The van der Waals surface area contributed by atoms with Gasteiger partial charge in [-0.25, -0.2) is 13.2 Å². The van der Waals surface area contributed by atoms with Crippen molar-refractivity contribution in [3.8, 4) is 6.07 Å². The molecule has 1 aliphatic carbocycles. The Morgan fingerprint density at radius 3 is 2.48 bits per heavy atom. The van der Waals surface area contributed by atoms with E-state index in [1.54, 1.807) is 0 Å². The number of hydrogen-bond acceptors (Lipinski definition) is 6. The van der Waals surface area contributed by atoms with Gasteiger partial charge >= 0.3 is 6.09 Å². The second kappa shape index (κ2) is 10.5. The van der Waals surface area contributed by atoms with E-state index in [4.69, 9.17) is 10.00 Å². The molecule has 2 amide bonds. The zero-order chi connectivity index (χ0) is 20.6. The van der Waals surface area contributed by atoms with Gasteiger partial charge in [0.15, 0.2) is 15.1 Å². The van der Waals surface area contributed by atoms with Crippen LogP contribution in [0.25, 0.3) is 0 Å². The number of carbonyl (C=O) groups excluding carboxylic acids is 2. The zero-order valence-electron chi connectivity index (χ0n) is 16.5. The molecular formula is C18H31N3O5S. The number of sulfone groups is 1. The van der Waals surface area contributed by atoms with E-state index >= 15 is 0 Å². The summed E-state index contributed by atoms with van der Waals surface area (Å²) in [6, 6.07) is 1.86. The first kappa shape index (κ1) is 23.2. The number of nitrogens with zero attached hydrogens (tertiary/aromatic N) is 1. The standard InChI is InChI=1S/C18H31N3O5S/c1-12(2)14-7-6-13(3)10-15(14)26-18(23)21-11-16(27(4,24)25)17(22)20-9-5-8-19/h12-16H,5-7,9-11H2,1-4H3,(H,20,22)(H,21,23). The van der Waals surface area contributed by atoms with Crippen molar-refractivity contribution in [2.75, 3.05) is 19.3 Å². The molecule has 0 heterocycles. The lowest BCUT2D eigenvalue weighted by molar-refractivity contribution is -0.120. The number of nitrogens with one attached hydrogen (secondary N) is 2. The molecule has 1 rings (SSSR count). The molecular weight excluding hydrogens is 370 g/mol. The summed E-state index contributed by atoms with van der Waals surface area (Å²) >= 11 is 0. The average Bonchev–Trinajstić information content (AvgIpc) is 2.53. The maximum Gasteiger partial charge on any atom is 0.407 e. The number of carbonyl (C=O) groups is 2. The molecule has 27 heavy (non-hydrogen) atoms. The smallest absolute Gasteiger partial charge is 0.407 e. The van der Waals surface area contributed by atoms with Gasteiger partial charge in [0.1, 0.15) is 6.10 Å². The number of nitriles is 1. The zero-order valence-corrected chi connectivity index (χ0v) is 17.3. The molecule has 9 heteroatoms. The SMILES string of the molecule is CC1CCC(C(C)C)C(OC(=O)NCC(C(=O)NCCC#N)S(C)(=O)=O)C1. The first-order valence-electron chi connectivity index (χ1n) is 9.34. The van der Waals surface area contributed by atoms with Crippen LogP contribution in [0, 0.1) is 29.1 Å². The van der Waals surface area contributed by atoms with Crippen molar-refractivity contribution in [2.45, 2.75) is 57.8 Å². The van der Waals surface area contributed by atoms with Crippen molar-refractivity contribution in [3.05, 3.63) is 0 Å². The van der Waals surface area contributed by atoms with Gasteiger partial charge in [-0.05, 0) is 30.6 Å². The fraction of sp³-hybridized carbons (Fsp3) is 0.833. The van der Waals surface area contributed by atoms with E-state index in [1.165, 1.54) is 0 Å². The van der Waals surface area contributed by atoms with E-state index < -0.39 is 27.1 Å². The maximum absolute atomic E-state index is 12.2. The van der Waals surface area contributed by atoms with Crippen LogP contribution < -0.4 is 10.6 Å². The Balaban J connectivity index is 2.65. The number of rotatable bonds is 8. The first-order valence-corrected chi connectivity index (χ1v) is 11.3. The third-order valence-corrected chi connectivity index (χ3v) is 6.41. The summed E-state index contributed by atoms with van der Waals surface area (Å²) in [6.07, 6.45) is 2.96. The van der Waals surface area contributed by atoms with Gasteiger partial charge in [-0.3, -0.25) is 4.79 Å². The van der Waals surface area contributed by atoms with Gasteiger partial charge in [0.05, 0.1) is 12.5 Å². The quantitative estimate of drug-likeness (QED) is 0.595. The molecule has 8 nitrogen and oxygen atoms in total. The van der Waals surface area contributed by atoms with Crippen LogP contribution in [0.2, 0.25) is 0 Å². The second-order valence-electron chi connectivity index (χ2n) is 7.67. The van der Waals surface area contributed by atoms with E-state index in [0.717, 1.165) is 25.5 Å². The van der Waals surface area contributed by atoms with E-state index in [2.05, 4.69) is 31.4 Å². The highest BCUT2D eigenvalue weighted by Gasteiger charge is 2.34. The van der Waals surface area contributed by atoms with Crippen molar-refractivity contribution in [1.82, 2.24) is 10.6 Å². The minimum Gasteiger partial charge on any atom is -0.446 e. The van der Waals surface area contributed by atoms with Crippen LogP contribution in [-0.4, -0.2) is 51.1 Å². The van der Waals surface area contributed by atoms with Gasteiger partial charge in [0, 0.05) is 19.3 Å². The molecule has 0 radical (unpaired) electrons. The second-order valence-corrected chi connectivity index (χ2v) is 9.90. The number of ether oxygens (including phenoxy) is 1. The molecule has 2 N–H and O–H groups in total. The van der Waals surface area contributed by atoms with Crippen LogP contribution in [0.15, 0.2) is 0 Å². The van der Waals surface area contributed by atoms with Crippen molar-refractivity contribution in [3.63, 3.8) is 0 Å². The lowest BCUT2D eigenvalue weighted by Crippen LogP contribution is -2.48. The first-order chi connectivity index (χ1) is 12.6. The summed E-state index contributed by atoms with van der Waals surface area (Å²) in [5.74, 6) is 0.379. The normalized spacial score (nSPS) is 23.9. The fourth-order valence-corrected chi connectivity index (χ4v) is 4.26. The van der Waals surface area contributed by atoms with Crippen LogP contribution >= 0.6 is 0 Å². The summed E-state index contributed by atoms with van der Waals surface area (Å²) in [6.45, 7) is 6.00. The van der Waals surface area contributed by atoms with Crippen LogP contribution in [0.3, 0.4) is 0 Å². The average molecular weight is 402 g/mol. The molecule has 0 aliphatic heterocycles. The molecule has 0 aromatic carbocycles. The Kier molecular flexibility index (Phi) is 9.03. The molecule has 0 aromatic heterocycles. The van der Waals surface area contributed by atoms with Gasteiger partial charge in [0.2, 0.25) is 5.91 Å². The van der Waals surface area contributed by atoms with E-state index in [9.17, 15) is 18.0 Å². The number of amides is 2. The molecule has 154 valence electrons. The minimum absolute atomic E-state index is 0.0574. The van der Waals surface area contributed by atoms with Gasteiger partial charge in [-0.2, -0.15) is 5.26 Å². The summed E-state index contributed by atoms with van der Waals surface area (Å²) < 4.78 is 29.3. The van der Waals surface area contributed by atoms with E-state index in [0.29, 0.717) is 11.8 Å². The van der Waals surface area contributed by atoms with Gasteiger partial charge in [-0.15, -0.1) is 0 Å². The largest absolute Gasteiger partial charge is 0.446 e. The van der Waals surface area contributed by atoms with Gasteiger partial charge in [-0.1, -0.05) is 27.2 Å². The monoisotopic (exact) mass is 401 g/mol. The Hall–Kier alpha value is -1.82. The molecule has 0 saturated heterocycles. The molecule has 1 saturated carbocycles. The summed E-state index contributed by atoms with van der Waals surface area (Å²) in [4.78, 5) is 24.3. The third kappa shape index (κ3) is 7.75. The van der Waals surface area contributed by atoms with Crippen LogP contribution in [-0.2, 0) is 19.4 Å². The maximum atomic E-state index is 12.2. The Morgan fingerprint density at radius 1 is 1.26 bits per heavy atom. The molecule has 1 fully saturated rings. The van der Waals surface area contributed by atoms with Crippen molar-refractivity contribution < 1.29 is 22.7 Å². The van der Waals surface area contributed by atoms with Gasteiger partial charge in [0.25, 0.3) is 0 Å². The van der Waals surface area contributed by atoms with Crippen molar-refractivity contribution in [1.29, 1.82) is 5.26 Å². The van der Waals surface area contributed by atoms with Crippen LogP contribution in [0.5, 0.6) is 0 Å². The minimum atomic E-state index is -3.73. The molecule has 0 spiro atoms. The highest BCUT2D eigenvalue weighted by atomic mass is 32.2. The summed E-state index contributed by atoms with van der Waals surface area (Å²) in [7, 11) is -3.73. The Morgan fingerprint density at radius 2 is 1.93 bits per heavy atom. The molecule has 0 aromatic rings. The number of alkyl carbamates (subject to hydrolysis) is 1. The summed E-state index contributed by atoms with van der Waals surface area (Å²) in [5.41, 5.74) is 0. The fourth-order valence-electron chi connectivity index (χ4n) is 3.40. The molecule has 4 unspecified atom stereocenters. The molecule has 4 atom stereocenters. The highest BCUT2D eigenvalue weighted by molar-refractivity contribution is 7.92. The molecule has 0 bridgehead atoms. The van der Waals surface area contributed by atoms with Crippen molar-refractivity contribution in [2.24, 2.45) is 17.8 Å². The van der Waals surface area contributed by atoms with E-state index in [1.807, 2.05) is 6.07 Å². The molecule has 1 aliphatic rings. The highest BCUT2D eigenvalue weighted by Crippen LogP contribution is 2.35. The predicted octanol–water partition coefficient (Wildman–Crippen LogP) is 1.62. The van der Waals surface area contributed by atoms with Crippen LogP contribution in [0.4, 0.5) is 4.79 Å². The Bertz CT molecular complexity index is 656. The lowest BCUT2D eigenvalue weighted by Gasteiger charge is -2.36. The van der Waals surface area contributed by atoms with E-state index in [-0.39, 0.29) is 31.5 Å². The third-order valence-electron chi connectivity index (χ3n) is 5.00. The predicted molar refractivity (Wildman–Crippen MR) is 101 cm³/mol. The lowest BCUT2D eigenvalue weighted by atomic mass is 9.75. The topological polar surface area (TPSA) is 125 Å². The number of hydrogen-bond donors (Lipinski definition) is 2. The Labute approximate surface area is 161 Å². The van der Waals surface area contributed by atoms with Gasteiger partial charge < -0.3 is 15.4 Å². The summed E-state index contributed by atoms with van der Waals surface area (Å²) in [5, 5.41) is 11.9.